The number of hydrogen-bond acceptors (Lipinski definition) is 2. The summed E-state index contributed by atoms with van der Waals surface area (Å²) >= 11 is 0. The SMILES string of the molecule is CCC1CCC(C(=O)O)C(CCc2ccnn2C)C1. The van der Waals surface area contributed by atoms with E-state index in [0.717, 1.165) is 32.1 Å². The lowest BCUT2D eigenvalue weighted by atomic mass is 9.71. The van der Waals surface area contributed by atoms with Crippen LogP contribution in [0.3, 0.4) is 0 Å². The summed E-state index contributed by atoms with van der Waals surface area (Å²) in [5.41, 5.74) is 1.20. The minimum Gasteiger partial charge on any atom is -0.481 e. The van der Waals surface area contributed by atoms with Crippen molar-refractivity contribution in [2.24, 2.45) is 24.8 Å². The molecule has 1 heterocycles. The van der Waals surface area contributed by atoms with Gasteiger partial charge in [0.05, 0.1) is 5.92 Å². The summed E-state index contributed by atoms with van der Waals surface area (Å²) in [5, 5.41) is 13.5. The summed E-state index contributed by atoms with van der Waals surface area (Å²) in [6.07, 6.45) is 7.88. The summed E-state index contributed by atoms with van der Waals surface area (Å²) in [4.78, 5) is 11.4. The highest BCUT2D eigenvalue weighted by atomic mass is 16.4. The van der Waals surface area contributed by atoms with Gasteiger partial charge < -0.3 is 5.11 Å². The van der Waals surface area contributed by atoms with E-state index in [-0.39, 0.29) is 5.92 Å². The van der Waals surface area contributed by atoms with E-state index < -0.39 is 5.97 Å². The number of nitrogens with zero attached hydrogens (tertiary/aromatic N) is 2. The standard InChI is InChI=1S/C15H24N2O2/c1-3-11-4-7-14(15(18)19)12(10-11)5-6-13-8-9-16-17(13)2/h8-9,11-12,14H,3-7,10H2,1-2H3,(H,18,19). The Bertz CT molecular complexity index is 428. The Morgan fingerprint density at radius 2 is 2.32 bits per heavy atom. The Morgan fingerprint density at radius 3 is 2.89 bits per heavy atom. The van der Waals surface area contributed by atoms with Gasteiger partial charge in [0.15, 0.2) is 0 Å². The predicted octanol–water partition coefficient (Wildman–Crippen LogP) is 2.88. The van der Waals surface area contributed by atoms with Crippen molar-refractivity contribution in [1.82, 2.24) is 9.78 Å². The van der Waals surface area contributed by atoms with Gasteiger partial charge in [-0.3, -0.25) is 9.48 Å². The van der Waals surface area contributed by atoms with Crippen LogP contribution in [0.1, 0.15) is 44.7 Å². The minimum absolute atomic E-state index is 0.143. The first-order valence-corrected chi connectivity index (χ1v) is 7.31. The largest absolute Gasteiger partial charge is 0.481 e. The van der Waals surface area contributed by atoms with Crippen LogP contribution in [-0.4, -0.2) is 20.9 Å². The minimum atomic E-state index is -0.607. The van der Waals surface area contributed by atoms with E-state index in [4.69, 9.17) is 0 Å². The fourth-order valence-electron chi connectivity index (χ4n) is 3.36. The summed E-state index contributed by atoms with van der Waals surface area (Å²) in [6, 6.07) is 2.02. The third-order valence-electron chi connectivity index (χ3n) is 4.68. The zero-order valence-corrected chi connectivity index (χ0v) is 11.9. The van der Waals surface area contributed by atoms with Crippen molar-refractivity contribution in [2.75, 3.05) is 0 Å². The molecule has 1 fully saturated rings. The Kier molecular flexibility index (Phi) is 4.61. The molecular weight excluding hydrogens is 240 g/mol. The Balaban J connectivity index is 1.97. The fraction of sp³-hybridized carbons (Fsp3) is 0.733. The quantitative estimate of drug-likeness (QED) is 0.889. The van der Waals surface area contributed by atoms with Crippen molar-refractivity contribution < 1.29 is 9.90 Å². The second-order valence-electron chi connectivity index (χ2n) is 5.78. The van der Waals surface area contributed by atoms with E-state index in [1.165, 1.54) is 12.1 Å². The first kappa shape index (κ1) is 14.1. The van der Waals surface area contributed by atoms with Crippen molar-refractivity contribution in [3.05, 3.63) is 18.0 Å². The maximum Gasteiger partial charge on any atom is 0.306 e. The Morgan fingerprint density at radius 1 is 1.53 bits per heavy atom. The van der Waals surface area contributed by atoms with Crippen LogP contribution >= 0.6 is 0 Å². The van der Waals surface area contributed by atoms with E-state index in [0.29, 0.717) is 11.8 Å². The van der Waals surface area contributed by atoms with E-state index in [1.54, 1.807) is 6.20 Å². The van der Waals surface area contributed by atoms with Crippen molar-refractivity contribution in [3.63, 3.8) is 0 Å². The smallest absolute Gasteiger partial charge is 0.306 e. The third kappa shape index (κ3) is 3.37. The van der Waals surface area contributed by atoms with Crippen LogP contribution in [0.4, 0.5) is 0 Å². The van der Waals surface area contributed by atoms with Gasteiger partial charge in [0, 0.05) is 18.9 Å². The number of rotatable bonds is 5. The van der Waals surface area contributed by atoms with Crippen LogP contribution in [0.2, 0.25) is 0 Å². The zero-order valence-electron chi connectivity index (χ0n) is 11.9. The average Bonchev–Trinajstić information content (AvgIpc) is 2.81. The molecule has 0 bridgehead atoms. The zero-order chi connectivity index (χ0) is 13.8. The molecule has 3 atom stereocenters. The van der Waals surface area contributed by atoms with Gasteiger partial charge in [-0.2, -0.15) is 5.10 Å². The first-order chi connectivity index (χ1) is 9.11. The number of aliphatic carboxylic acids is 1. The van der Waals surface area contributed by atoms with Crippen molar-refractivity contribution >= 4 is 5.97 Å². The van der Waals surface area contributed by atoms with Gasteiger partial charge in [0.1, 0.15) is 0 Å². The Hall–Kier alpha value is -1.32. The monoisotopic (exact) mass is 264 g/mol. The fourth-order valence-corrected chi connectivity index (χ4v) is 3.36. The van der Waals surface area contributed by atoms with E-state index in [1.807, 2.05) is 17.8 Å². The van der Waals surface area contributed by atoms with Gasteiger partial charge in [0.2, 0.25) is 0 Å². The molecule has 2 rings (SSSR count). The summed E-state index contributed by atoms with van der Waals surface area (Å²) in [5.74, 6) is 0.291. The first-order valence-electron chi connectivity index (χ1n) is 7.31. The number of aryl methyl sites for hydroxylation is 2. The van der Waals surface area contributed by atoms with Crippen molar-refractivity contribution in [2.45, 2.75) is 45.4 Å². The van der Waals surface area contributed by atoms with Gasteiger partial charge >= 0.3 is 5.97 Å². The summed E-state index contributed by atoms with van der Waals surface area (Å²) in [6.45, 7) is 2.21. The second kappa shape index (κ2) is 6.22. The van der Waals surface area contributed by atoms with Crippen LogP contribution < -0.4 is 0 Å². The van der Waals surface area contributed by atoms with Crippen LogP contribution in [0.15, 0.2) is 12.3 Å². The van der Waals surface area contributed by atoms with Gasteiger partial charge in [-0.1, -0.05) is 13.3 Å². The molecule has 0 spiro atoms. The number of hydrogen-bond donors (Lipinski definition) is 1. The normalized spacial score (nSPS) is 27.4. The van der Waals surface area contributed by atoms with Crippen molar-refractivity contribution in [1.29, 1.82) is 0 Å². The molecule has 0 aromatic carbocycles. The molecule has 4 nitrogen and oxygen atoms in total. The highest BCUT2D eigenvalue weighted by Crippen LogP contribution is 2.38. The highest BCUT2D eigenvalue weighted by Gasteiger charge is 2.34. The lowest BCUT2D eigenvalue weighted by molar-refractivity contribution is -0.145. The van der Waals surface area contributed by atoms with E-state index >= 15 is 0 Å². The highest BCUT2D eigenvalue weighted by molar-refractivity contribution is 5.70. The molecule has 0 radical (unpaired) electrons. The number of carbonyl (C=O) groups is 1. The van der Waals surface area contributed by atoms with Gasteiger partial charge in [-0.15, -0.1) is 0 Å². The molecule has 106 valence electrons. The van der Waals surface area contributed by atoms with Gasteiger partial charge in [-0.25, -0.2) is 0 Å². The maximum atomic E-state index is 11.4. The molecule has 0 aliphatic heterocycles. The molecule has 0 saturated heterocycles. The molecule has 3 unspecified atom stereocenters. The molecule has 1 aliphatic rings. The van der Waals surface area contributed by atoms with E-state index in [9.17, 15) is 9.90 Å². The van der Waals surface area contributed by atoms with Crippen LogP contribution in [-0.2, 0) is 18.3 Å². The number of carboxylic acid groups (broad SMARTS) is 1. The molecular formula is C15H24N2O2. The molecule has 4 heteroatoms. The molecule has 1 aliphatic carbocycles. The topological polar surface area (TPSA) is 55.1 Å². The molecule has 1 saturated carbocycles. The lowest BCUT2D eigenvalue weighted by Gasteiger charge is -2.33. The number of aromatic nitrogens is 2. The van der Waals surface area contributed by atoms with Crippen LogP contribution in [0, 0.1) is 17.8 Å². The van der Waals surface area contributed by atoms with Gasteiger partial charge in [0.25, 0.3) is 0 Å². The van der Waals surface area contributed by atoms with Crippen molar-refractivity contribution in [3.8, 4) is 0 Å². The summed E-state index contributed by atoms with van der Waals surface area (Å²) < 4.78 is 1.88. The summed E-state index contributed by atoms with van der Waals surface area (Å²) in [7, 11) is 1.94. The Labute approximate surface area is 114 Å². The average molecular weight is 264 g/mol. The number of carboxylic acids is 1. The van der Waals surface area contributed by atoms with Crippen LogP contribution in [0.25, 0.3) is 0 Å². The predicted molar refractivity (Wildman–Crippen MR) is 73.8 cm³/mol. The maximum absolute atomic E-state index is 11.4. The second-order valence-corrected chi connectivity index (χ2v) is 5.78. The molecule has 1 aromatic heterocycles. The molecule has 1 aromatic rings. The van der Waals surface area contributed by atoms with Gasteiger partial charge in [-0.05, 0) is 50.0 Å². The molecule has 19 heavy (non-hydrogen) atoms. The van der Waals surface area contributed by atoms with Crippen LogP contribution in [0.5, 0.6) is 0 Å². The lowest BCUT2D eigenvalue weighted by Crippen LogP contribution is -2.31. The molecule has 1 N–H and O–H groups in total. The molecule has 0 amide bonds. The van der Waals surface area contributed by atoms with E-state index in [2.05, 4.69) is 12.0 Å². The third-order valence-corrected chi connectivity index (χ3v) is 4.68.